The van der Waals surface area contributed by atoms with E-state index in [-0.39, 0.29) is 11.8 Å². The van der Waals surface area contributed by atoms with Gasteiger partial charge in [0.2, 0.25) is 25.0 Å². The first-order valence-corrected chi connectivity index (χ1v) is 16.2. The first-order valence-electron chi connectivity index (χ1n) is 15.4. The zero-order valence-electron chi connectivity index (χ0n) is 26.6. The third-order valence-electron chi connectivity index (χ3n) is 7.48. The Balaban J connectivity index is 0.000000159. The quantitative estimate of drug-likeness (QED) is 0.141. The van der Waals surface area contributed by atoms with Crippen LogP contribution in [0.4, 0.5) is 8.78 Å². The lowest BCUT2D eigenvalue weighted by molar-refractivity contribution is 0.203. The second-order valence-electron chi connectivity index (χ2n) is 10.9. The summed E-state index contributed by atoms with van der Waals surface area (Å²) >= 11 is 3.40. The van der Waals surface area contributed by atoms with Crippen LogP contribution in [0, 0.1) is 11.6 Å². The van der Waals surface area contributed by atoms with Crippen molar-refractivity contribution in [3.05, 3.63) is 155 Å². The number of rotatable bonds is 9. The van der Waals surface area contributed by atoms with Gasteiger partial charge in [0.25, 0.3) is 11.8 Å². The summed E-state index contributed by atoms with van der Waals surface area (Å²) in [6, 6.07) is 20.8. The van der Waals surface area contributed by atoms with Crippen LogP contribution in [-0.4, -0.2) is 40.3 Å². The highest BCUT2D eigenvalue weighted by molar-refractivity contribution is 9.10. The zero-order valence-corrected chi connectivity index (χ0v) is 28.2. The molecule has 0 radical (unpaired) electrons. The third kappa shape index (κ3) is 7.99. The molecule has 6 heterocycles. The van der Waals surface area contributed by atoms with Crippen molar-refractivity contribution in [2.45, 2.75) is 25.6 Å². The number of hydrogen-bond acceptors (Lipinski definition) is 12. The van der Waals surface area contributed by atoms with Gasteiger partial charge < -0.3 is 18.3 Å². The smallest absolute Gasteiger partial charge is 0.263 e. The largest absolute Gasteiger partial charge is 0.474 e. The highest BCUT2D eigenvalue weighted by Gasteiger charge is 2.24. The predicted octanol–water partition coefficient (Wildman–Crippen LogP) is 7.97. The van der Waals surface area contributed by atoms with Crippen molar-refractivity contribution in [3.8, 4) is 11.5 Å². The molecule has 15 heteroatoms. The lowest BCUT2D eigenvalue weighted by Gasteiger charge is -2.15. The average molecular weight is 752 g/mol. The van der Waals surface area contributed by atoms with Gasteiger partial charge in [-0.25, -0.2) is 8.78 Å². The van der Waals surface area contributed by atoms with Gasteiger partial charge in [-0.3, -0.25) is 19.9 Å². The summed E-state index contributed by atoms with van der Waals surface area (Å²) in [4.78, 5) is 16.9. The molecule has 0 spiro atoms. The van der Waals surface area contributed by atoms with E-state index >= 15 is 0 Å². The number of fused-ring (bicyclic) bond motifs is 2. The Labute approximate surface area is 296 Å². The molecule has 254 valence electrons. The van der Waals surface area contributed by atoms with E-state index in [1.807, 2.05) is 42.6 Å². The number of aryl methyl sites for hydroxylation is 1. The molecule has 0 saturated heterocycles. The van der Waals surface area contributed by atoms with Crippen LogP contribution >= 0.6 is 15.9 Å². The Hall–Kier alpha value is -6.22. The van der Waals surface area contributed by atoms with E-state index in [1.165, 1.54) is 37.1 Å². The van der Waals surface area contributed by atoms with E-state index in [1.54, 1.807) is 12.3 Å². The van der Waals surface area contributed by atoms with Gasteiger partial charge in [0.05, 0.1) is 34.8 Å². The van der Waals surface area contributed by atoms with Crippen molar-refractivity contribution in [1.29, 1.82) is 0 Å². The third-order valence-corrected chi connectivity index (χ3v) is 7.92. The first kappa shape index (κ1) is 33.3. The molecule has 0 bridgehead atoms. The molecule has 2 aromatic carbocycles. The Bertz CT molecular complexity index is 2370. The van der Waals surface area contributed by atoms with Gasteiger partial charge >= 0.3 is 0 Å². The molecular weight excluding hydrogens is 726 g/mol. The van der Waals surface area contributed by atoms with Crippen molar-refractivity contribution >= 4 is 37.7 Å². The van der Waals surface area contributed by atoms with Crippen LogP contribution in [0.5, 0.6) is 11.5 Å². The summed E-state index contributed by atoms with van der Waals surface area (Å²) in [7, 11) is 0. The molecule has 2 unspecified atom stereocenters. The van der Waals surface area contributed by atoms with Crippen molar-refractivity contribution in [2.24, 2.45) is 0 Å². The Kier molecular flexibility index (Phi) is 9.87. The maximum absolute atomic E-state index is 13.2. The van der Waals surface area contributed by atoms with Crippen LogP contribution in [0.1, 0.15) is 47.9 Å². The van der Waals surface area contributed by atoms with Gasteiger partial charge in [0.15, 0.2) is 0 Å². The lowest BCUT2D eigenvalue weighted by atomic mass is 10.1. The molecule has 0 aliphatic rings. The second-order valence-corrected chi connectivity index (χ2v) is 11.8. The standard InChI is InChI=1S/C19H15FN4O2.C17H10BrFN4O2/c1-2-12-7-13-8-15(4-6-16(13)21-9-12)26-18(19-24-23-11-25-19)17-5-3-14(20)10-22-17;18-11-5-10-6-13(2-4-14(10)20-7-11)25-16(17-23-22-9-24-17)15-3-1-12(19)8-21-15/h3-11,18H,2H2,1H3;1-9,16H. The van der Waals surface area contributed by atoms with Crippen molar-refractivity contribution in [1.82, 2.24) is 40.3 Å². The number of ether oxygens (including phenoxy) is 2. The molecule has 0 saturated carbocycles. The van der Waals surface area contributed by atoms with Gasteiger partial charge in [0.1, 0.15) is 23.1 Å². The van der Waals surface area contributed by atoms with Gasteiger partial charge in [0, 0.05) is 27.6 Å². The molecule has 8 aromatic rings. The summed E-state index contributed by atoms with van der Waals surface area (Å²) in [6.45, 7) is 2.08. The molecule has 6 aromatic heterocycles. The summed E-state index contributed by atoms with van der Waals surface area (Å²) in [5.74, 6) is 0.774. The van der Waals surface area contributed by atoms with E-state index in [9.17, 15) is 8.78 Å². The molecule has 0 aliphatic heterocycles. The van der Waals surface area contributed by atoms with E-state index in [2.05, 4.69) is 69.3 Å². The summed E-state index contributed by atoms with van der Waals surface area (Å²) in [5, 5.41) is 17.0. The number of pyridine rings is 4. The maximum Gasteiger partial charge on any atom is 0.263 e. The second kappa shape index (κ2) is 15.1. The van der Waals surface area contributed by atoms with Gasteiger partial charge in [-0.2, -0.15) is 0 Å². The van der Waals surface area contributed by atoms with Crippen LogP contribution in [0.25, 0.3) is 21.8 Å². The maximum atomic E-state index is 13.2. The molecule has 51 heavy (non-hydrogen) atoms. The molecule has 0 fully saturated rings. The first-order chi connectivity index (χ1) is 24.9. The molecule has 12 nitrogen and oxygen atoms in total. The van der Waals surface area contributed by atoms with Gasteiger partial charge in [-0.15, -0.1) is 20.4 Å². The van der Waals surface area contributed by atoms with Gasteiger partial charge in [-0.1, -0.05) is 6.92 Å². The molecule has 0 amide bonds. The number of hydrogen-bond donors (Lipinski definition) is 0. The fraction of sp³-hybridized carbons (Fsp3) is 0.111. The highest BCUT2D eigenvalue weighted by Crippen LogP contribution is 2.30. The Morgan fingerprint density at radius 2 is 1.16 bits per heavy atom. The number of aromatic nitrogens is 8. The van der Waals surface area contributed by atoms with E-state index in [0.29, 0.717) is 22.9 Å². The zero-order chi connectivity index (χ0) is 35.2. The van der Waals surface area contributed by atoms with E-state index < -0.39 is 23.8 Å². The summed E-state index contributed by atoms with van der Waals surface area (Å²) < 4.78 is 49.8. The normalized spacial score (nSPS) is 12.2. The fourth-order valence-electron chi connectivity index (χ4n) is 5.00. The Morgan fingerprint density at radius 1 is 0.627 bits per heavy atom. The van der Waals surface area contributed by atoms with Crippen molar-refractivity contribution in [2.75, 3.05) is 0 Å². The van der Waals surface area contributed by atoms with E-state index in [4.69, 9.17) is 18.3 Å². The van der Waals surface area contributed by atoms with Crippen LogP contribution < -0.4 is 9.47 Å². The lowest BCUT2D eigenvalue weighted by Crippen LogP contribution is -2.12. The summed E-state index contributed by atoms with van der Waals surface area (Å²) in [6.07, 6.45) is 7.67. The van der Waals surface area contributed by atoms with Crippen LogP contribution in [0.15, 0.2) is 124 Å². The SMILES string of the molecule is CCc1cnc2ccc(OC(c3ccc(F)cn3)c3nnco3)cc2c1.Fc1ccc(C(Oc2ccc3ncc(Br)cc3c2)c2nnco2)nc1. The average Bonchev–Trinajstić information content (AvgIpc) is 3.90. The molecule has 8 rings (SSSR count). The van der Waals surface area contributed by atoms with Crippen molar-refractivity contribution in [3.63, 3.8) is 0 Å². The minimum Gasteiger partial charge on any atom is -0.474 e. The van der Waals surface area contributed by atoms with Crippen LogP contribution in [-0.2, 0) is 6.42 Å². The number of benzene rings is 2. The predicted molar refractivity (Wildman–Crippen MR) is 182 cm³/mol. The van der Waals surface area contributed by atoms with Crippen molar-refractivity contribution < 1.29 is 27.1 Å². The molecule has 0 N–H and O–H groups in total. The minimum absolute atomic E-state index is 0.228. The molecule has 0 aliphatic carbocycles. The highest BCUT2D eigenvalue weighted by atomic mass is 79.9. The fourth-order valence-corrected chi connectivity index (χ4v) is 5.35. The minimum atomic E-state index is -0.749. The van der Waals surface area contributed by atoms with Crippen LogP contribution in [0.2, 0.25) is 0 Å². The van der Waals surface area contributed by atoms with Gasteiger partial charge in [-0.05, 0) is 101 Å². The monoisotopic (exact) mass is 750 g/mol. The molecule has 2 atom stereocenters. The van der Waals surface area contributed by atoms with Crippen LogP contribution in [0.3, 0.4) is 0 Å². The number of nitrogens with zero attached hydrogens (tertiary/aromatic N) is 8. The van der Waals surface area contributed by atoms with E-state index in [0.717, 1.165) is 50.7 Å². The number of halogens is 3. The molecular formula is C36H25BrF2N8O4. The summed E-state index contributed by atoms with van der Waals surface area (Å²) in [5.41, 5.74) is 3.78. The Morgan fingerprint density at radius 3 is 1.63 bits per heavy atom. The topological polar surface area (TPSA) is 148 Å².